The third-order valence-corrected chi connectivity index (χ3v) is 9.56. The highest BCUT2D eigenvalue weighted by Gasteiger charge is 2.18. The number of aliphatic imine (C=N–C) groups is 2. The average Bonchev–Trinajstić information content (AvgIpc) is 3.85. The zero-order chi connectivity index (χ0) is 37.0. The van der Waals surface area contributed by atoms with E-state index in [0.717, 1.165) is 72.9 Å². The van der Waals surface area contributed by atoms with E-state index >= 15 is 0 Å². The first-order valence-electron chi connectivity index (χ1n) is 18.0. The zero-order valence-electron chi connectivity index (χ0n) is 29.8. The fraction of sp³-hybridized carbons (Fsp3) is 0.0435. The Morgan fingerprint density at radius 2 is 1.11 bits per heavy atom. The largest absolute Gasteiger partial charge is 0.291 e. The Bertz CT molecular complexity index is 2750. The molecule has 9 aromatic rings. The van der Waals surface area contributed by atoms with E-state index < -0.39 is 6.17 Å². The topological polar surface area (TPSA) is 98.2 Å². The Morgan fingerprint density at radius 3 is 1.64 bits per heavy atom. The van der Waals surface area contributed by atoms with Crippen LogP contribution in [0.3, 0.4) is 0 Å². The van der Waals surface area contributed by atoms with Gasteiger partial charge >= 0.3 is 0 Å². The van der Waals surface area contributed by atoms with Crippen LogP contribution in [0, 0.1) is 0 Å². The Kier molecular flexibility index (Phi) is 9.09. The van der Waals surface area contributed by atoms with Crippen molar-refractivity contribution in [1.29, 1.82) is 0 Å². The molecule has 0 bridgehead atoms. The predicted octanol–water partition coefficient (Wildman–Crippen LogP) is 9.42. The lowest BCUT2D eigenvalue weighted by Gasteiger charge is -2.18. The molecule has 4 heterocycles. The average molecular weight is 714 g/mol. The van der Waals surface area contributed by atoms with Gasteiger partial charge in [0.05, 0.1) is 45.8 Å². The van der Waals surface area contributed by atoms with E-state index in [1.54, 1.807) is 12.4 Å². The van der Waals surface area contributed by atoms with Gasteiger partial charge in [0, 0.05) is 35.6 Å². The van der Waals surface area contributed by atoms with Gasteiger partial charge in [-0.2, -0.15) is 0 Å². The molecule has 9 rings (SSSR count). The SMILES string of the molecule is C=NC(=NC(NCc1ccc(-c2nc3ccccc3n2-c2cccnc2)cc1)c1ccc(-c2nc3ccccc3n2-c2cccnc2)cc1)c1ccccc1. The second kappa shape index (κ2) is 14.9. The lowest BCUT2D eigenvalue weighted by Crippen LogP contribution is -2.21. The summed E-state index contributed by atoms with van der Waals surface area (Å²) >= 11 is 0. The number of nitrogens with zero attached hydrogens (tertiary/aromatic N) is 8. The first-order chi connectivity index (χ1) is 27.2. The van der Waals surface area contributed by atoms with Crippen molar-refractivity contribution in [2.75, 3.05) is 0 Å². The van der Waals surface area contributed by atoms with Gasteiger partial charge < -0.3 is 0 Å². The van der Waals surface area contributed by atoms with Crippen LogP contribution in [-0.2, 0) is 6.54 Å². The van der Waals surface area contributed by atoms with Gasteiger partial charge in [-0.25, -0.2) is 20.0 Å². The van der Waals surface area contributed by atoms with Crippen LogP contribution in [0.25, 0.3) is 56.2 Å². The maximum Gasteiger partial charge on any atom is 0.155 e. The molecule has 5 aromatic carbocycles. The van der Waals surface area contributed by atoms with Crippen molar-refractivity contribution in [3.05, 3.63) is 193 Å². The highest BCUT2D eigenvalue weighted by atomic mass is 15.1. The number of para-hydroxylation sites is 4. The molecule has 0 aliphatic carbocycles. The van der Waals surface area contributed by atoms with Gasteiger partial charge in [0.2, 0.25) is 0 Å². The van der Waals surface area contributed by atoms with Crippen LogP contribution in [0.5, 0.6) is 0 Å². The summed E-state index contributed by atoms with van der Waals surface area (Å²) in [5, 5.41) is 3.69. The molecular weight excluding hydrogens is 679 g/mol. The molecule has 0 amide bonds. The summed E-state index contributed by atoms with van der Waals surface area (Å²) in [7, 11) is 0. The van der Waals surface area contributed by atoms with Crippen LogP contribution in [-0.4, -0.2) is 41.6 Å². The lowest BCUT2D eigenvalue weighted by atomic mass is 10.1. The minimum Gasteiger partial charge on any atom is -0.291 e. The zero-order valence-corrected chi connectivity index (χ0v) is 29.8. The van der Waals surface area contributed by atoms with Gasteiger partial charge in [-0.05, 0) is 66.4 Å². The molecule has 55 heavy (non-hydrogen) atoms. The molecule has 0 radical (unpaired) electrons. The summed E-state index contributed by atoms with van der Waals surface area (Å²) in [6.07, 6.45) is 6.87. The molecule has 1 unspecified atom stereocenters. The van der Waals surface area contributed by atoms with Crippen LogP contribution in [0.15, 0.2) is 186 Å². The molecule has 0 spiro atoms. The molecule has 1 atom stereocenters. The van der Waals surface area contributed by atoms with Crippen molar-refractivity contribution >= 4 is 34.6 Å². The highest BCUT2D eigenvalue weighted by Crippen LogP contribution is 2.31. The number of amidine groups is 1. The summed E-state index contributed by atoms with van der Waals surface area (Å²) in [5.74, 6) is 2.26. The van der Waals surface area contributed by atoms with Gasteiger partial charge in [0.15, 0.2) is 5.84 Å². The Morgan fingerprint density at radius 1 is 0.582 bits per heavy atom. The van der Waals surface area contributed by atoms with E-state index in [9.17, 15) is 0 Å². The number of hydrogen-bond acceptors (Lipinski definition) is 6. The summed E-state index contributed by atoms with van der Waals surface area (Å²) in [6, 6.07) is 51.1. The number of aromatic nitrogens is 6. The molecule has 264 valence electrons. The molecule has 0 saturated carbocycles. The quantitative estimate of drug-likeness (QED) is 0.113. The molecule has 4 aromatic heterocycles. The van der Waals surface area contributed by atoms with Crippen molar-refractivity contribution in [2.45, 2.75) is 12.7 Å². The number of imidazole rings is 2. The maximum atomic E-state index is 5.12. The number of pyridine rings is 2. The van der Waals surface area contributed by atoms with Crippen molar-refractivity contribution in [2.24, 2.45) is 9.98 Å². The smallest absolute Gasteiger partial charge is 0.155 e. The molecule has 0 saturated heterocycles. The Hall–Kier alpha value is -7.36. The van der Waals surface area contributed by atoms with Crippen molar-refractivity contribution < 1.29 is 0 Å². The molecule has 0 fully saturated rings. The lowest BCUT2D eigenvalue weighted by molar-refractivity contribution is 0.554. The van der Waals surface area contributed by atoms with Gasteiger partial charge in [-0.15, -0.1) is 0 Å². The third kappa shape index (κ3) is 6.72. The van der Waals surface area contributed by atoms with E-state index in [0.29, 0.717) is 12.4 Å². The molecule has 9 heteroatoms. The number of hydrogen-bond donors (Lipinski definition) is 1. The number of fused-ring (bicyclic) bond motifs is 2. The fourth-order valence-corrected chi connectivity index (χ4v) is 6.89. The maximum absolute atomic E-state index is 5.12. The predicted molar refractivity (Wildman–Crippen MR) is 221 cm³/mol. The van der Waals surface area contributed by atoms with E-state index in [1.165, 1.54) is 0 Å². The van der Waals surface area contributed by atoms with E-state index in [4.69, 9.17) is 15.0 Å². The first-order valence-corrected chi connectivity index (χ1v) is 18.0. The van der Waals surface area contributed by atoms with Crippen LogP contribution in [0.4, 0.5) is 0 Å². The molecule has 1 N–H and O–H groups in total. The number of nitrogens with one attached hydrogen (secondary N) is 1. The summed E-state index contributed by atoms with van der Waals surface area (Å²) < 4.78 is 4.30. The normalized spacial score (nSPS) is 12.3. The summed E-state index contributed by atoms with van der Waals surface area (Å²) in [6.45, 7) is 4.42. The number of rotatable bonds is 10. The molecular formula is C46H35N9. The van der Waals surface area contributed by atoms with Crippen LogP contribution in [0.2, 0.25) is 0 Å². The standard InChI is InChI=1S/C46H35N9/c1-47-43(33-11-3-2-4-12-33)53-44(34-23-25-36(26-24-34)46-52-40-16-6-8-18-42(40)55(46)38-14-10-28-49-31-38)50-29-32-19-21-35(22-20-32)45-51-39-15-5-7-17-41(39)54(45)37-13-9-27-48-30-37/h2-28,30-31,44,50H,1,29H2. The molecule has 0 aliphatic rings. The van der Waals surface area contributed by atoms with E-state index in [1.807, 2.05) is 97.3 Å². The van der Waals surface area contributed by atoms with Crippen LogP contribution >= 0.6 is 0 Å². The van der Waals surface area contributed by atoms with Gasteiger partial charge in [0.1, 0.15) is 17.8 Å². The Balaban J connectivity index is 1.03. The highest BCUT2D eigenvalue weighted by molar-refractivity contribution is 6.01. The summed E-state index contributed by atoms with van der Waals surface area (Å²) in [4.78, 5) is 28.2. The van der Waals surface area contributed by atoms with Gasteiger partial charge in [-0.1, -0.05) is 103 Å². The van der Waals surface area contributed by atoms with Crippen LogP contribution < -0.4 is 5.32 Å². The van der Waals surface area contributed by atoms with Crippen molar-refractivity contribution in [3.8, 4) is 34.2 Å². The number of benzene rings is 5. The molecule has 9 nitrogen and oxygen atoms in total. The Labute approximate surface area is 318 Å². The second-order valence-electron chi connectivity index (χ2n) is 13.0. The first kappa shape index (κ1) is 33.5. The monoisotopic (exact) mass is 713 g/mol. The van der Waals surface area contributed by atoms with E-state index in [2.05, 4.69) is 103 Å². The van der Waals surface area contributed by atoms with Gasteiger partial charge in [-0.3, -0.25) is 24.4 Å². The minimum absolute atomic E-state index is 0.415. The fourth-order valence-electron chi connectivity index (χ4n) is 6.89. The van der Waals surface area contributed by atoms with Crippen LogP contribution in [0.1, 0.15) is 22.9 Å². The summed E-state index contributed by atoms with van der Waals surface area (Å²) in [5.41, 5.74) is 10.8. The molecule has 0 aliphatic heterocycles. The van der Waals surface area contributed by atoms with Crippen molar-refractivity contribution in [1.82, 2.24) is 34.4 Å². The van der Waals surface area contributed by atoms with E-state index in [-0.39, 0.29) is 0 Å². The third-order valence-electron chi connectivity index (χ3n) is 9.56. The van der Waals surface area contributed by atoms with Crippen molar-refractivity contribution in [3.63, 3.8) is 0 Å². The second-order valence-corrected chi connectivity index (χ2v) is 13.0. The minimum atomic E-state index is -0.415. The van der Waals surface area contributed by atoms with Gasteiger partial charge in [0.25, 0.3) is 0 Å².